The number of carbonyl (C=O) groups is 1. The highest BCUT2D eigenvalue weighted by Crippen LogP contribution is 2.21. The standard InChI is InChI=1S/C16H21N3O2/c1-2-18-8-6-12(7-9-18)10-13-11-19-14(16(20)21)4-3-5-15(19)17-13/h3-5,11-12H,2,6-10H2,1H3,(H,20,21). The van der Waals surface area contributed by atoms with Gasteiger partial charge < -0.3 is 10.0 Å². The molecule has 2 aromatic rings. The molecule has 5 nitrogen and oxygen atoms in total. The molecule has 1 aliphatic heterocycles. The minimum absolute atomic E-state index is 0.270. The minimum Gasteiger partial charge on any atom is -0.477 e. The van der Waals surface area contributed by atoms with Crippen molar-refractivity contribution in [3.05, 3.63) is 35.8 Å². The maximum atomic E-state index is 11.2. The Labute approximate surface area is 124 Å². The van der Waals surface area contributed by atoms with Gasteiger partial charge in [-0.05, 0) is 56.9 Å². The van der Waals surface area contributed by atoms with E-state index in [0.717, 1.165) is 37.4 Å². The van der Waals surface area contributed by atoms with Crippen molar-refractivity contribution in [2.75, 3.05) is 19.6 Å². The van der Waals surface area contributed by atoms with Gasteiger partial charge >= 0.3 is 5.97 Å². The summed E-state index contributed by atoms with van der Waals surface area (Å²) in [7, 11) is 0. The molecule has 3 rings (SSSR count). The van der Waals surface area contributed by atoms with Crippen molar-refractivity contribution in [2.45, 2.75) is 26.2 Å². The first kappa shape index (κ1) is 14.1. The molecule has 0 saturated carbocycles. The Balaban J connectivity index is 1.76. The maximum absolute atomic E-state index is 11.2. The first-order chi connectivity index (χ1) is 10.2. The second-order valence-electron chi connectivity index (χ2n) is 5.76. The summed E-state index contributed by atoms with van der Waals surface area (Å²) in [6, 6.07) is 5.21. The third-order valence-corrected chi connectivity index (χ3v) is 4.41. The molecule has 0 aliphatic carbocycles. The van der Waals surface area contributed by atoms with Crippen molar-refractivity contribution >= 4 is 11.6 Å². The van der Waals surface area contributed by atoms with E-state index in [1.54, 1.807) is 16.5 Å². The number of aromatic carboxylic acids is 1. The normalized spacial score (nSPS) is 17.4. The van der Waals surface area contributed by atoms with Crippen LogP contribution in [0.2, 0.25) is 0 Å². The fraction of sp³-hybridized carbons (Fsp3) is 0.500. The Kier molecular flexibility index (Phi) is 3.92. The van der Waals surface area contributed by atoms with Gasteiger partial charge in [-0.15, -0.1) is 0 Å². The van der Waals surface area contributed by atoms with Crippen LogP contribution in [0.4, 0.5) is 0 Å². The van der Waals surface area contributed by atoms with Gasteiger partial charge in [0.05, 0.1) is 5.69 Å². The van der Waals surface area contributed by atoms with E-state index in [9.17, 15) is 9.90 Å². The van der Waals surface area contributed by atoms with Crippen molar-refractivity contribution in [2.24, 2.45) is 5.92 Å². The number of hydrogen-bond donors (Lipinski definition) is 1. The third-order valence-electron chi connectivity index (χ3n) is 4.41. The number of fused-ring (bicyclic) bond motifs is 1. The molecule has 1 fully saturated rings. The number of imidazole rings is 1. The van der Waals surface area contributed by atoms with Crippen LogP contribution in [0, 0.1) is 5.92 Å². The summed E-state index contributed by atoms with van der Waals surface area (Å²) in [4.78, 5) is 18.3. The predicted molar refractivity (Wildman–Crippen MR) is 80.7 cm³/mol. The molecular weight excluding hydrogens is 266 g/mol. The Morgan fingerprint density at radius 1 is 1.38 bits per heavy atom. The van der Waals surface area contributed by atoms with Crippen molar-refractivity contribution in [1.29, 1.82) is 0 Å². The number of rotatable bonds is 4. The van der Waals surface area contributed by atoms with E-state index in [-0.39, 0.29) is 5.69 Å². The largest absolute Gasteiger partial charge is 0.477 e. The summed E-state index contributed by atoms with van der Waals surface area (Å²) in [5.74, 6) is -0.258. The number of carboxylic acids is 1. The smallest absolute Gasteiger partial charge is 0.352 e. The lowest BCUT2D eigenvalue weighted by Crippen LogP contribution is -2.34. The molecule has 1 saturated heterocycles. The first-order valence-corrected chi connectivity index (χ1v) is 7.60. The summed E-state index contributed by atoms with van der Waals surface area (Å²) >= 11 is 0. The Morgan fingerprint density at radius 3 is 2.81 bits per heavy atom. The van der Waals surface area contributed by atoms with Crippen LogP contribution in [0.3, 0.4) is 0 Å². The van der Waals surface area contributed by atoms with Crippen LogP contribution in [0.25, 0.3) is 5.65 Å². The van der Waals surface area contributed by atoms with Gasteiger partial charge in [-0.1, -0.05) is 13.0 Å². The topological polar surface area (TPSA) is 57.8 Å². The van der Waals surface area contributed by atoms with Crippen molar-refractivity contribution in [3.63, 3.8) is 0 Å². The molecule has 1 N–H and O–H groups in total. The Morgan fingerprint density at radius 2 is 2.14 bits per heavy atom. The van der Waals surface area contributed by atoms with E-state index in [2.05, 4.69) is 16.8 Å². The third kappa shape index (κ3) is 2.93. The van der Waals surface area contributed by atoms with Gasteiger partial charge in [0.15, 0.2) is 0 Å². The molecule has 5 heteroatoms. The fourth-order valence-electron chi connectivity index (χ4n) is 3.14. The van der Waals surface area contributed by atoms with E-state index in [1.807, 2.05) is 12.3 Å². The van der Waals surface area contributed by atoms with E-state index in [1.165, 1.54) is 12.8 Å². The SMILES string of the molecule is CCN1CCC(Cc2cn3c(C(=O)O)cccc3n2)CC1. The summed E-state index contributed by atoms with van der Waals surface area (Å²) in [6.45, 7) is 5.66. The van der Waals surface area contributed by atoms with E-state index in [4.69, 9.17) is 0 Å². The highest BCUT2D eigenvalue weighted by molar-refractivity contribution is 5.86. The predicted octanol–water partition coefficient (Wildman–Crippen LogP) is 2.31. The molecule has 0 radical (unpaired) electrons. The molecule has 3 heterocycles. The molecule has 0 unspecified atom stereocenters. The monoisotopic (exact) mass is 287 g/mol. The minimum atomic E-state index is -0.916. The molecule has 21 heavy (non-hydrogen) atoms. The van der Waals surface area contributed by atoms with Gasteiger partial charge in [-0.25, -0.2) is 9.78 Å². The summed E-state index contributed by atoms with van der Waals surface area (Å²) < 4.78 is 1.68. The quantitative estimate of drug-likeness (QED) is 0.937. The molecule has 0 atom stereocenters. The molecule has 0 bridgehead atoms. The van der Waals surface area contributed by atoms with Crippen LogP contribution in [0.1, 0.15) is 35.9 Å². The van der Waals surface area contributed by atoms with Crippen LogP contribution in [0.5, 0.6) is 0 Å². The van der Waals surface area contributed by atoms with Crippen LogP contribution in [-0.4, -0.2) is 45.0 Å². The molecule has 0 amide bonds. The van der Waals surface area contributed by atoms with E-state index in [0.29, 0.717) is 5.92 Å². The number of nitrogens with zero attached hydrogens (tertiary/aromatic N) is 3. The molecule has 1 aliphatic rings. The van der Waals surface area contributed by atoms with Crippen LogP contribution in [-0.2, 0) is 6.42 Å². The molecule has 0 aromatic carbocycles. The van der Waals surface area contributed by atoms with Gasteiger partial charge in [0.25, 0.3) is 0 Å². The average Bonchev–Trinajstić information content (AvgIpc) is 2.89. The zero-order valence-electron chi connectivity index (χ0n) is 12.3. The van der Waals surface area contributed by atoms with Crippen molar-refractivity contribution < 1.29 is 9.90 Å². The number of piperidine rings is 1. The lowest BCUT2D eigenvalue weighted by Gasteiger charge is -2.30. The zero-order valence-corrected chi connectivity index (χ0v) is 12.3. The average molecular weight is 287 g/mol. The second-order valence-corrected chi connectivity index (χ2v) is 5.76. The van der Waals surface area contributed by atoms with E-state index >= 15 is 0 Å². The lowest BCUT2D eigenvalue weighted by molar-refractivity contribution is 0.0689. The van der Waals surface area contributed by atoms with Gasteiger partial charge in [0, 0.05) is 6.20 Å². The summed E-state index contributed by atoms with van der Waals surface area (Å²) in [6.07, 6.45) is 5.23. The highest BCUT2D eigenvalue weighted by Gasteiger charge is 2.20. The second kappa shape index (κ2) is 5.85. The molecule has 112 valence electrons. The summed E-state index contributed by atoms with van der Waals surface area (Å²) in [5, 5.41) is 9.22. The number of likely N-dealkylation sites (tertiary alicyclic amines) is 1. The zero-order chi connectivity index (χ0) is 14.8. The highest BCUT2D eigenvalue weighted by atomic mass is 16.4. The Hall–Kier alpha value is -1.88. The van der Waals surface area contributed by atoms with Crippen molar-refractivity contribution in [1.82, 2.24) is 14.3 Å². The van der Waals surface area contributed by atoms with Crippen LogP contribution in [0.15, 0.2) is 24.4 Å². The fourth-order valence-corrected chi connectivity index (χ4v) is 3.14. The first-order valence-electron chi connectivity index (χ1n) is 7.60. The number of pyridine rings is 1. The van der Waals surface area contributed by atoms with Crippen LogP contribution >= 0.6 is 0 Å². The Bertz CT molecular complexity index is 642. The van der Waals surface area contributed by atoms with Crippen LogP contribution < -0.4 is 0 Å². The van der Waals surface area contributed by atoms with Crippen molar-refractivity contribution in [3.8, 4) is 0 Å². The number of carboxylic acid groups (broad SMARTS) is 1. The number of aromatic nitrogens is 2. The molecule has 2 aromatic heterocycles. The van der Waals surface area contributed by atoms with Gasteiger partial charge in [-0.3, -0.25) is 4.40 Å². The number of hydrogen-bond acceptors (Lipinski definition) is 3. The maximum Gasteiger partial charge on any atom is 0.352 e. The summed E-state index contributed by atoms with van der Waals surface area (Å²) in [5.41, 5.74) is 1.99. The molecule has 0 spiro atoms. The van der Waals surface area contributed by atoms with Gasteiger partial charge in [-0.2, -0.15) is 0 Å². The lowest BCUT2D eigenvalue weighted by atomic mass is 9.92. The van der Waals surface area contributed by atoms with Gasteiger partial charge in [0.1, 0.15) is 11.3 Å². The molecular formula is C16H21N3O2. The van der Waals surface area contributed by atoms with Gasteiger partial charge in [0.2, 0.25) is 0 Å². The van der Waals surface area contributed by atoms with E-state index < -0.39 is 5.97 Å².